The zero-order chi connectivity index (χ0) is 48.9. The van der Waals surface area contributed by atoms with Crippen molar-refractivity contribution >= 4 is 84.9 Å². The molecule has 0 aromatic heterocycles. The zero-order valence-corrected chi connectivity index (χ0v) is 43.2. The van der Waals surface area contributed by atoms with E-state index in [1.165, 1.54) is 78.5 Å². The Kier molecular flexibility index (Phi) is 13.5. The van der Waals surface area contributed by atoms with Gasteiger partial charge < -0.3 is 19.6 Å². The fraction of sp³-hybridized carbons (Fsp3) is 0.147. The van der Waals surface area contributed by atoms with E-state index in [1.54, 1.807) is 0 Å². The van der Waals surface area contributed by atoms with Gasteiger partial charge in [-0.2, -0.15) is 0 Å². The molecule has 9 aromatic carbocycles. The summed E-state index contributed by atoms with van der Waals surface area (Å²) in [5, 5.41) is 2.45. The van der Waals surface area contributed by atoms with Gasteiger partial charge in [0.1, 0.15) is 0 Å². The van der Waals surface area contributed by atoms with Crippen LogP contribution in [0.2, 0.25) is 0 Å². The largest absolute Gasteiger partial charge is 0.338 e. The molecule has 73 heavy (non-hydrogen) atoms. The molecule has 1 fully saturated rings. The summed E-state index contributed by atoms with van der Waals surface area (Å²) in [5.74, 6) is 0. The number of alkyl halides is 1. The molecule has 0 radical (unpaired) electrons. The van der Waals surface area contributed by atoms with Crippen molar-refractivity contribution in [3.05, 3.63) is 272 Å². The third-order valence-corrected chi connectivity index (χ3v) is 16.4. The highest BCUT2D eigenvalue weighted by Gasteiger charge is 2.37. The summed E-state index contributed by atoms with van der Waals surface area (Å²) in [6.07, 6.45) is 18.2. The smallest absolute Gasteiger partial charge is 0.0561 e. The number of rotatable bonds is 13. The summed E-state index contributed by atoms with van der Waals surface area (Å²) in [6.45, 7) is 0. The van der Waals surface area contributed by atoms with Crippen LogP contribution in [0.3, 0.4) is 0 Å². The number of anilines is 8. The standard InChI is InChI=1S/C68H59IN4/c69-65-49-62(47-48-68(65)72(56-27-9-3-10-28-56)57-29-11-4-12-30-57)73(67-34-18-22-53-20-14-16-32-64(53)67)60-41-37-51(38-42-60)50-35-39-59(40-36-50)71(66-33-17-21-52-19-13-15-31-63(52)66)61-45-43-58(44-46-61)70(54-23-5-1-6-24-54)55-25-7-2-8-26-55/h1-13,15-19,21-43,45-46,58,62,65,68H,14,20,44,47-49H2. The summed E-state index contributed by atoms with van der Waals surface area (Å²) in [6, 6.07) is 85.3. The van der Waals surface area contributed by atoms with E-state index in [4.69, 9.17) is 0 Å². The van der Waals surface area contributed by atoms with Crippen molar-refractivity contribution < 1.29 is 0 Å². The number of para-hydroxylation sites is 4. The fourth-order valence-electron chi connectivity index (χ4n) is 11.6. The first-order valence-corrected chi connectivity index (χ1v) is 27.3. The predicted octanol–water partition coefficient (Wildman–Crippen LogP) is 18.4. The predicted molar refractivity (Wildman–Crippen MR) is 319 cm³/mol. The molecule has 5 heteroatoms. The molecule has 4 atom stereocenters. The molecule has 12 rings (SSSR count). The average molecular weight is 1060 g/mol. The van der Waals surface area contributed by atoms with Crippen LogP contribution in [0.1, 0.15) is 43.2 Å². The van der Waals surface area contributed by atoms with Gasteiger partial charge in [-0.3, -0.25) is 0 Å². The average Bonchev–Trinajstić information content (AvgIpc) is 3.46. The maximum atomic E-state index is 2.77. The second kappa shape index (κ2) is 21.2. The third-order valence-electron chi connectivity index (χ3n) is 15.1. The van der Waals surface area contributed by atoms with E-state index in [9.17, 15) is 0 Å². The topological polar surface area (TPSA) is 13.0 Å². The lowest BCUT2D eigenvalue weighted by atomic mass is 9.86. The van der Waals surface area contributed by atoms with Crippen molar-refractivity contribution in [2.75, 3.05) is 19.6 Å². The highest BCUT2D eigenvalue weighted by atomic mass is 127. The Morgan fingerprint density at radius 2 is 0.973 bits per heavy atom. The molecule has 4 nitrogen and oxygen atoms in total. The highest BCUT2D eigenvalue weighted by Crippen LogP contribution is 2.45. The number of halogens is 1. The third kappa shape index (κ3) is 9.62. The van der Waals surface area contributed by atoms with Gasteiger partial charge in [-0.05, 0) is 152 Å². The lowest BCUT2D eigenvalue weighted by molar-refractivity contribution is 0.407. The Bertz CT molecular complexity index is 3310. The molecule has 9 aromatic rings. The molecule has 1 saturated carbocycles. The normalized spacial score (nSPS) is 18.1. The second-order valence-corrected chi connectivity index (χ2v) is 21.1. The monoisotopic (exact) mass is 1060 g/mol. The first-order valence-electron chi connectivity index (χ1n) is 26.0. The molecule has 3 aliphatic carbocycles. The van der Waals surface area contributed by atoms with Gasteiger partial charge in [0.2, 0.25) is 0 Å². The molecule has 0 aliphatic heterocycles. The molecule has 3 aliphatic rings. The lowest BCUT2D eigenvalue weighted by Gasteiger charge is -2.45. The minimum atomic E-state index is 0.163. The summed E-state index contributed by atoms with van der Waals surface area (Å²) in [5.41, 5.74) is 16.1. The van der Waals surface area contributed by atoms with E-state index in [0.29, 0.717) is 16.0 Å². The molecule has 0 N–H and O–H groups in total. The van der Waals surface area contributed by atoms with Crippen LogP contribution in [-0.4, -0.2) is 22.1 Å². The Balaban J connectivity index is 0.848. The van der Waals surface area contributed by atoms with Gasteiger partial charge in [-0.15, -0.1) is 0 Å². The van der Waals surface area contributed by atoms with E-state index in [0.717, 1.165) is 44.2 Å². The minimum absolute atomic E-state index is 0.163. The molecular formula is C68H59IN4. The molecule has 0 amide bonds. The summed E-state index contributed by atoms with van der Waals surface area (Å²) in [4.78, 5) is 10.2. The summed E-state index contributed by atoms with van der Waals surface area (Å²) in [7, 11) is 0. The van der Waals surface area contributed by atoms with Crippen LogP contribution in [-0.2, 0) is 6.42 Å². The van der Waals surface area contributed by atoms with Gasteiger partial charge in [-0.1, -0.05) is 192 Å². The fourth-order valence-corrected chi connectivity index (χ4v) is 12.9. The highest BCUT2D eigenvalue weighted by molar-refractivity contribution is 14.1. The van der Waals surface area contributed by atoms with Crippen molar-refractivity contribution in [1.82, 2.24) is 0 Å². The SMILES string of the molecule is IC1CC(N(c2ccc(-c3ccc(N(C4=CCC(N(c5ccccc5)c5ccccc5)C=C4)c4cccc5ccccc45)cc3)cc2)c2cccc3c2C=CCC3)CCC1N(c1ccccc1)c1ccccc1. The van der Waals surface area contributed by atoms with E-state index in [1.807, 2.05) is 0 Å². The molecular weight excluding hydrogens is 1000 g/mol. The lowest BCUT2D eigenvalue weighted by Crippen LogP contribution is -2.47. The first-order chi connectivity index (χ1) is 36.1. The Morgan fingerprint density at radius 1 is 0.438 bits per heavy atom. The van der Waals surface area contributed by atoms with Crippen molar-refractivity contribution in [2.45, 2.75) is 60.6 Å². The van der Waals surface area contributed by atoms with E-state index in [2.05, 4.69) is 303 Å². The van der Waals surface area contributed by atoms with Crippen LogP contribution in [0.25, 0.3) is 28.0 Å². The molecule has 0 saturated heterocycles. The maximum absolute atomic E-state index is 2.77. The maximum Gasteiger partial charge on any atom is 0.0561 e. The molecule has 0 heterocycles. The van der Waals surface area contributed by atoms with Crippen LogP contribution >= 0.6 is 22.6 Å². The number of hydrogen-bond donors (Lipinski definition) is 0. The van der Waals surface area contributed by atoms with Gasteiger partial charge in [0, 0.05) is 72.5 Å². The zero-order valence-electron chi connectivity index (χ0n) is 41.0. The molecule has 4 unspecified atom stereocenters. The number of aryl methyl sites for hydroxylation is 1. The van der Waals surface area contributed by atoms with Gasteiger partial charge in [0.15, 0.2) is 0 Å². The Hall–Kier alpha value is -7.61. The van der Waals surface area contributed by atoms with E-state index >= 15 is 0 Å². The number of fused-ring (bicyclic) bond motifs is 2. The molecule has 358 valence electrons. The Morgan fingerprint density at radius 3 is 1.58 bits per heavy atom. The number of benzene rings is 9. The van der Waals surface area contributed by atoms with Crippen LogP contribution in [0, 0.1) is 0 Å². The van der Waals surface area contributed by atoms with Gasteiger partial charge in [-0.25, -0.2) is 0 Å². The van der Waals surface area contributed by atoms with Crippen LogP contribution in [0.5, 0.6) is 0 Å². The molecule has 0 spiro atoms. The number of nitrogens with zero attached hydrogens (tertiary/aromatic N) is 4. The first kappa shape index (κ1) is 46.5. The number of hydrogen-bond acceptors (Lipinski definition) is 4. The van der Waals surface area contributed by atoms with Crippen LogP contribution in [0.15, 0.2) is 261 Å². The summed E-state index contributed by atoms with van der Waals surface area (Å²) >= 11 is 2.77. The Labute approximate surface area is 445 Å². The van der Waals surface area contributed by atoms with E-state index < -0.39 is 0 Å². The van der Waals surface area contributed by atoms with Gasteiger partial charge in [0.25, 0.3) is 0 Å². The minimum Gasteiger partial charge on any atom is -0.338 e. The van der Waals surface area contributed by atoms with Crippen molar-refractivity contribution in [3.8, 4) is 11.1 Å². The molecule has 0 bridgehead atoms. The van der Waals surface area contributed by atoms with Crippen LogP contribution < -0.4 is 19.6 Å². The van der Waals surface area contributed by atoms with Crippen molar-refractivity contribution in [2.24, 2.45) is 0 Å². The number of allylic oxidation sites excluding steroid dienone is 2. The van der Waals surface area contributed by atoms with Crippen LogP contribution in [0.4, 0.5) is 45.5 Å². The van der Waals surface area contributed by atoms with Gasteiger partial charge in [0.05, 0.1) is 11.7 Å². The van der Waals surface area contributed by atoms with E-state index in [-0.39, 0.29) is 6.04 Å². The van der Waals surface area contributed by atoms with Crippen molar-refractivity contribution in [3.63, 3.8) is 0 Å². The van der Waals surface area contributed by atoms with Crippen molar-refractivity contribution in [1.29, 1.82) is 0 Å². The summed E-state index contributed by atoms with van der Waals surface area (Å²) < 4.78 is 0.431. The second-order valence-electron chi connectivity index (χ2n) is 19.5. The quantitative estimate of drug-likeness (QED) is 0.0843. The van der Waals surface area contributed by atoms with Gasteiger partial charge >= 0.3 is 0 Å².